The number of carbonyl (C=O) groups is 1. The van der Waals surface area contributed by atoms with Gasteiger partial charge in [0.05, 0.1) is 11.9 Å². The molecule has 0 bridgehead atoms. The summed E-state index contributed by atoms with van der Waals surface area (Å²) in [6.07, 6.45) is 4.08. The molecule has 2 aromatic carbocycles. The maximum atomic E-state index is 12.2. The van der Waals surface area contributed by atoms with Crippen molar-refractivity contribution in [3.63, 3.8) is 0 Å². The van der Waals surface area contributed by atoms with Crippen molar-refractivity contribution in [1.82, 2.24) is 20.2 Å². The largest absolute Gasteiger partial charge is 0.341 e. The summed E-state index contributed by atoms with van der Waals surface area (Å²) in [4.78, 5) is 16.9. The van der Waals surface area contributed by atoms with Crippen LogP contribution in [0.4, 0.5) is 0 Å². The minimum atomic E-state index is -0.0478. The van der Waals surface area contributed by atoms with Crippen LogP contribution >= 0.6 is 0 Å². The highest BCUT2D eigenvalue weighted by molar-refractivity contribution is 5.78. The second kappa shape index (κ2) is 7.76. The van der Waals surface area contributed by atoms with Crippen LogP contribution in [0.25, 0.3) is 11.3 Å². The third-order valence-electron chi connectivity index (χ3n) is 5.03. The molecule has 1 amide bonds. The zero-order valence-corrected chi connectivity index (χ0v) is 15.4. The average Bonchev–Trinajstić information content (AvgIpc) is 3.08. The topological polar surface area (TPSA) is 59.0 Å². The fraction of sp³-hybridized carbons (Fsp3) is 0.273. The van der Waals surface area contributed by atoms with Gasteiger partial charge in [-0.15, -0.1) is 0 Å². The van der Waals surface area contributed by atoms with Gasteiger partial charge >= 0.3 is 0 Å². The van der Waals surface area contributed by atoms with E-state index in [1.54, 1.807) is 0 Å². The molecular weight excluding hydrogens is 336 g/mol. The zero-order chi connectivity index (χ0) is 18.6. The van der Waals surface area contributed by atoms with Crippen LogP contribution in [0, 0.1) is 0 Å². The van der Waals surface area contributed by atoms with E-state index in [0.717, 1.165) is 35.5 Å². The summed E-state index contributed by atoms with van der Waals surface area (Å²) >= 11 is 0. The minimum Gasteiger partial charge on any atom is -0.341 e. The molecule has 0 aliphatic carbocycles. The van der Waals surface area contributed by atoms with Gasteiger partial charge in [0.25, 0.3) is 0 Å². The molecule has 5 nitrogen and oxygen atoms in total. The molecule has 0 radical (unpaired) electrons. The lowest BCUT2D eigenvalue weighted by atomic mass is 10.00. The number of carbonyl (C=O) groups excluding carboxylic acids is 1. The van der Waals surface area contributed by atoms with Gasteiger partial charge in [-0.1, -0.05) is 60.7 Å². The quantitative estimate of drug-likeness (QED) is 0.735. The Hall–Kier alpha value is -2.92. The van der Waals surface area contributed by atoms with Crippen molar-refractivity contribution in [3.05, 3.63) is 78.2 Å². The van der Waals surface area contributed by atoms with Gasteiger partial charge in [-0.3, -0.25) is 10.1 Å². The number of imidazole rings is 1. The number of hydrogen-bond donors (Lipinski definition) is 2. The van der Waals surface area contributed by atoms with Gasteiger partial charge < -0.3 is 9.88 Å². The molecule has 2 N–H and O–H groups in total. The molecule has 2 atom stereocenters. The smallest absolute Gasteiger partial charge is 0.223 e. The van der Waals surface area contributed by atoms with Gasteiger partial charge in [0, 0.05) is 37.7 Å². The zero-order valence-electron chi connectivity index (χ0n) is 15.4. The summed E-state index contributed by atoms with van der Waals surface area (Å²) in [6.45, 7) is 0. The highest BCUT2D eigenvalue weighted by atomic mass is 16.2. The summed E-state index contributed by atoms with van der Waals surface area (Å²) in [7, 11) is 2.02. The summed E-state index contributed by atoms with van der Waals surface area (Å²) in [5, 5.41) is 6.62. The number of aryl methyl sites for hydroxylation is 2. The number of nitrogens with zero attached hydrogens (tertiary/aromatic N) is 2. The Morgan fingerprint density at radius 1 is 1.07 bits per heavy atom. The lowest BCUT2D eigenvalue weighted by Crippen LogP contribution is -2.52. The third kappa shape index (κ3) is 4.09. The lowest BCUT2D eigenvalue weighted by molar-refractivity contribution is -0.124. The van der Waals surface area contributed by atoms with Gasteiger partial charge in [0.1, 0.15) is 5.82 Å². The normalized spacial score (nSPS) is 19.7. The van der Waals surface area contributed by atoms with Crippen molar-refractivity contribution in [3.8, 4) is 11.3 Å². The fourth-order valence-electron chi connectivity index (χ4n) is 3.60. The second-order valence-corrected chi connectivity index (χ2v) is 7.01. The van der Waals surface area contributed by atoms with Gasteiger partial charge in [0.2, 0.25) is 5.91 Å². The average molecular weight is 360 g/mol. The first-order valence-corrected chi connectivity index (χ1v) is 9.37. The van der Waals surface area contributed by atoms with E-state index < -0.39 is 0 Å². The van der Waals surface area contributed by atoms with Gasteiger partial charge in [0.15, 0.2) is 0 Å². The van der Waals surface area contributed by atoms with E-state index in [1.807, 2.05) is 43.4 Å². The predicted octanol–water partition coefficient (Wildman–Crippen LogP) is 3.20. The molecule has 138 valence electrons. The SMILES string of the molecule is Cn1cc(-c2ccccc2)nc1CCC1NC(=O)CC(c2ccccc2)N1. The molecular formula is C22H24N4O. The molecule has 1 fully saturated rings. The van der Waals surface area contributed by atoms with Crippen LogP contribution < -0.4 is 10.6 Å². The van der Waals surface area contributed by atoms with Crippen molar-refractivity contribution in [2.24, 2.45) is 7.05 Å². The molecule has 0 saturated carbocycles. The van der Waals surface area contributed by atoms with Crippen LogP contribution in [0.5, 0.6) is 0 Å². The molecule has 27 heavy (non-hydrogen) atoms. The van der Waals surface area contributed by atoms with E-state index in [4.69, 9.17) is 4.98 Å². The molecule has 1 aliphatic heterocycles. The first-order chi connectivity index (χ1) is 13.2. The molecule has 1 aromatic heterocycles. The van der Waals surface area contributed by atoms with Crippen molar-refractivity contribution in [2.75, 3.05) is 0 Å². The van der Waals surface area contributed by atoms with E-state index in [9.17, 15) is 4.79 Å². The standard InChI is InChI=1S/C22H24N4O/c1-26-15-19(17-10-6-3-7-11-17)24-21(26)13-12-20-23-18(14-22(27)25-20)16-8-4-2-5-9-16/h2-11,15,18,20,23H,12-14H2,1H3,(H,25,27). The van der Waals surface area contributed by atoms with Crippen molar-refractivity contribution < 1.29 is 4.79 Å². The van der Waals surface area contributed by atoms with E-state index in [-0.39, 0.29) is 18.1 Å². The molecule has 4 rings (SSSR count). The molecule has 1 saturated heterocycles. The summed E-state index contributed by atoms with van der Waals surface area (Å²) in [5.74, 6) is 1.11. The molecule has 3 aromatic rings. The van der Waals surface area contributed by atoms with Crippen LogP contribution in [-0.2, 0) is 18.3 Å². The number of amides is 1. The van der Waals surface area contributed by atoms with Crippen molar-refractivity contribution in [1.29, 1.82) is 0 Å². The maximum absolute atomic E-state index is 12.2. The summed E-state index contributed by atoms with van der Waals surface area (Å²) in [6, 6.07) is 20.4. The monoisotopic (exact) mass is 360 g/mol. The van der Waals surface area contributed by atoms with E-state index in [2.05, 4.69) is 45.7 Å². The van der Waals surface area contributed by atoms with Gasteiger partial charge in [-0.2, -0.15) is 0 Å². The first kappa shape index (κ1) is 17.5. The van der Waals surface area contributed by atoms with Gasteiger partial charge in [-0.25, -0.2) is 4.98 Å². The Morgan fingerprint density at radius 2 is 1.78 bits per heavy atom. The number of hydrogen-bond acceptors (Lipinski definition) is 3. The van der Waals surface area contributed by atoms with Crippen molar-refractivity contribution >= 4 is 5.91 Å². The Bertz CT molecular complexity index is 905. The molecule has 5 heteroatoms. The minimum absolute atomic E-state index is 0.0478. The van der Waals surface area contributed by atoms with Gasteiger partial charge in [-0.05, 0) is 12.0 Å². The summed E-state index contributed by atoms with van der Waals surface area (Å²) in [5.41, 5.74) is 3.25. The fourth-order valence-corrected chi connectivity index (χ4v) is 3.60. The molecule has 0 spiro atoms. The van der Waals surface area contributed by atoms with Crippen LogP contribution in [0.2, 0.25) is 0 Å². The number of benzene rings is 2. The lowest BCUT2D eigenvalue weighted by Gasteiger charge is -2.32. The van der Waals surface area contributed by atoms with E-state index >= 15 is 0 Å². The Balaban J connectivity index is 1.42. The second-order valence-electron chi connectivity index (χ2n) is 7.01. The Morgan fingerprint density at radius 3 is 2.52 bits per heavy atom. The molecule has 2 unspecified atom stereocenters. The highest BCUT2D eigenvalue weighted by Crippen LogP contribution is 2.22. The van der Waals surface area contributed by atoms with E-state index in [1.165, 1.54) is 0 Å². The Labute approximate surface area is 159 Å². The van der Waals surface area contributed by atoms with Crippen LogP contribution in [-0.4, -0.2) is 21.6 Å². The first-order valence-electron chi connectivity index (χ1n) is 9.37. The predicted molar refractivity (Wildman–Crippen MR) is 106 cm³/mol. The third-order valence-corrected chi connectivity index (χ3v) is 5.03. The maximum Gasteiger partial charge on any atom is 0.223 e. The van der Waals surface area contributed by atoms with Crippen molar-refractivity contribution in [2.45, 2.75) is 31.5 Å². The Kier molecular flexibility index (Phi) is 5.03. The number of rotatable bonds is 5. The van der Waals surface area contributed by atoms with E-state index in [0.29, 0.717) is 6.42 Å². The molecule has 1 aliphatic rings. The summed E-state index contributed by atoms with van der Waals surface area (Å²) < 4.78 is 2.07. The van der Waals surface area contributed by atoms with Crippen LogP contribution in [0.15, 0.2) is 66.9 Å². The number of nitrogens with one attached hydrogen (secondary N) is 2. The molecule has 2 heterocycles. The van der Waals surface area contributed by atoms with Crippen LogP contribution in [0.3, 0.4) is 0 Å². The highest BCUT2D eigenvalue weighted by Gasteiger charge is 2.26. The number of aromatic nitrogens is 2. The van der Waals surface area contributed by atoms with Crippen LogP contribution in [0.1, 0.15) is 30.3 Å².